The molecule has 0 saturated heterocycles. The molecule has 0 amide bonds. The van der Waals surface area contributed by atoms with Crippen LogP contribution in [0.3, 0.4) is 0 Å². The first-order valence-corrected chi connectivity index (χ1v) is 9.50. The van der Waals surface area contributed by atoms with Gasteiger partial charge in [0.1, 0.15) is 0 Å². The summed E-state index contributed by atoms with van der Waals surface area (Å²) < 4.78 is 27.7. The molecule has 1 fully saturated rings. The van der Waals surface area contributed by atoms with Crippen molar-refractivity contribution in [1.82, 2.24) is 10.1 Å². The fraction of sp³-hybridized carbons (Fsp3) is 0.222. The van der Waals surface area contributed by atoms with Gasteiger partial charge in [0.2, 0.25) is 21.7 Å². The first kappa shape index (κ1) is 16.0. The third-order valence-electron chi connectivity index (χ3n) is 4.53. The number of hydrogen-bond acceptors (Lipinski definition) is 5. The van der Waals surface area contributed by atoms with Gasteiger partial charge in [-0.2, -0.15) is 4.98 Å². The summed E-state index contributed by atoms with van der Waals surface area (Å²) in [4.78, 5) is 4.41. The van der Waals surface area contributed by atoms with Crippen molar-refractivity contribution in [2.75, 3.05) is 0 Å². The van der Waals surface area contributed by atoms with Gasteiger partial charge in [-0.05, 0) is 47.6 Å². The molecule has 0 radical (unpaired) electrons. The Kier molecular flexibility index (Phi) is 3.70. The lowest BCUT2D eigenvalue weighted by molar-refractivity contribution is 0.394. The van der Waals surface area contributed by atoms with Crippen LogP contribution in [0.15, 0.2) is 57.9 Å². The van der Waals surface area contributed by atoms with Crippen LogP contribution in [0.2, 0.25) is 0 Å². The summed E-state index contributed by atoms with van der Waals surface area (Å²) in [6.45, 7) is 1.77. The van der Waals surface area contributed by atoms with Crippen molar-refractivity contribution in [1.29, 1.82) is 0 Å². The molecule has 0 bridgehead atoms. The number of aromatic nitrogens is 2. The number of primary sulfonamides is 1. The fourth-order valence-electron chi connectivity index (χ4n) is 3.16. The zero-order valence-corrected chi connectivity index (χ0v) is 14.4. The van der Waals surface area contributed by atoms with Crippen LogP contribution in [0.5, 0.6) is 0 Å². The molecule has 2 aromatic carbocycles. The third kappa shape index (κ3) is 3.20. The SMILES string of the molecule is Cc1nc(-c2cccc([C@@H]3C[C@H]3c3ccc(S(N)(=O)=O)cc3)c2)no1. The van der Waals surface area contributed by atoms with Crippen molar-refractivity contribution in [3.8, 4) is 11.4 Å². The van der Waals surface area contributed by atoms with E-state index in [2.05, 4.69) is 22.3 Å². The second-order valence-electron chi connectivity index (χ2n) is 6.33. The van der Waals surface area contributed by atoms with Gasteiger partial charge in [-0.3, -0.25) is 0 Å². The highest BCUT2D eigenvalue weighted by Gasteiger charge is 2.39. The van der Waals surface area contributed by atoms with Gasteiger partial charge in [0, 0.05) is 12.5 Å². The number of nitrogens with zero attached hydrogens (tertiary/aromatic N) is 2. The van der Waals surface area contributed by atoms with Crippen LogP contribution in [-0.2, 0) is 10.0 Å². The van der Waals surface area contributed by atoms with Gasteiger partial charge < -0.3 is 4.52 Å². The number of aryl methyl sites for hydroxylation is 1. The highest BCUT2D eigenvalue weighted by Crippen LogP contribution is 2.54. The summed E-state index contributed by atoms with van der Waals surface area (Å²) in [6.07, 6.45) is 1.03. The first-order valence-electron chi connectivity index (χ1n) is 7.95. The Balaban J connectivity index is 1.55. The molecule has 7 heteroatoms. The molecular formula is C18H17N3O3S. The quantitative estimate of drug-likeness (QED) is 0.775. The van der Waals surface area contributed by atoms with Gasteiger partial charge in [-0.25, -0.2) is 13.6 Å². The predicted molar refractivity (Wildman–Crippen MR) is 92.4 cm³/mol. The Bertz CT molecular complexity index is 1030. The molecule has 0 unspecified atom stereocenters. The summed E-state index contributed by atoms with van der Waals surface area (Å²) in [5.74, 6) is 1.93. The zero-order chi connectivity index (χ0) is 17.6. The van der Waals surface area contributed by atoms with Crippen LogP contribution in [0.25, 0.3) is 11.4 Å². The second-order valence-corrected chi connectivity index (χ2v) is 7.89. The van der Waals surface area contributed by atoms with E-state index in [0.29, 0.717) is 23.6 Å². The summed E-state index contributed by atoms with van der Waals surface area (Å²) in [6, 6.07) is 15.0. The molecule has 2 N–H and O–H groups in total. The number of benzene rings is 2. The van der Waals surface area contributed by atoms with E-state index in [1.807, 2.05) is 24.3 Å². The lowest BCUT2D eigenvalue weighted by atomic mass is 10.0. The minimum Gasteiger partial charge on any atom is -0.339 e. The maximum atomic E-state index is 11.3. The summed E-state index contributed by atoms with van der Waals surface area (Å²) in [5, 5.41) is 9.11. The molecule has 3 aromatic rings. The Morgan fingerprint density at radius 1 is 1.08 bits per heavy atom. The van der Waals surface area contributed by atoms with E-state index >= 15 is 0 Å². The smallest absolute Gasteiger partial charge is 0.238 e. The number of nitrogens with two attached hydrogens (primary N) is 1. The highest BCUT2D eigenvalue weighted by molar-refractivity contribution is 7.89. The fourth-order valence-corrected chi connectivity index (χ4v) is 3.68. The van der Waals surface area contributed by atoms with Crippen LogP contribution >= 0.6 is 0 Å². The van der Waals surface area contributed by atoms with Crippen molar-refractivity contribution < 1.29 is 12.9 Å². The Hall–Kier alpha value is -2.51. The van der Waals surface area contributed by atoms with Gasteiger partial charge in [-0.1, -0.05) is 35.5 Å². The van der Waals surface area contributed by atoms with E-state index in [4.69, 9.17) is 9.66 Å². The van der Waals surface area contributed by atoms with Crippen molar-refractivity contribution >= 4 is 10.0 Å². The molecule has 1 aliphatic rings. The molecule has 1 saturated carbocycles. The van der Waals surface area contributed by atoms with Gasteiger partial charge in [-0.15, -0.1) is 0 Å². The average molecular weight is 355 g/mol. The van der Waals surface area contributed by atoms with E-state index in [-0.39, 0.29) is 4.90 Å². The van der Waals surface area contributed by atoms with E-state index < -0.39 is 10.0 Å². The largest absolute Gasteiger partial charge is 0.339 e. The van der Waals surface area contributed by atoms with E-state index in [1.54, 1.807) is 19.1 Å². The zero-order valence-electron chi connectivity index (χ0n) is 13.6. The van der Waals surface area contributed by atoms with Crippen LogP contribution in [0.4, 0.5) is 0 Å². The molecule has 1 heterocycles. The number of rotatable bonds is 4. The van der Waals surface area contributed by atoms with Crippen LogP contribution in [0, 0.1) is 6.92 Å². The average Bonchev–Trinajstić information content (AvgIpc) is 3.28. The van der Waals surface area contributed by atoms with E-state index in [0.717, 1.165) is 17.5 Å². The summed E-state index contributed by atoms with van der Waals surface area (Å²) in [5.41, 5.74) is 3.28. The second kappa shape index (κ2) is 5.79. The van der Waals surface area contributed by atoms with Gasteiger partial charge in [0.25, 0.3) is 0 Å². The Labute approximate surface area is 145 Å². The molecule has 0 aliphatic heterocycles. The highest BCUT2D eigenvalue weighted by atomic mass is 32.2. The lowest BCUT2D eigenvalue weighted by Crippen LogP contribution is -2.11. The van der Waals surface area contributed by atoms with Crippen molar-refractivity contribution in [3.05, 3.63) is 65.5 Å². The minimum absolute atomic E-state index is 0.142. The topological polar surface area (TPSA) is 99.1 Å². The molecule has 0 spiro atoms. The van der Waals surface area contributed by atoms with Gasteiger partial charge >= 0.3 is 0 Å². The minimum atomic E-state index is -3.65. The summed E-state index contributed by atoms with van der Waals surface area (Å²) in [7, 11) is -3.65. The van der Waals surface area contributed by atoms with Crippen molar-refractivity contribution in [2.24, 2.45) is 5.14 Å². The van der Waals surface area contributed by atoms with Crippen molar-refractivity contribution in [3.63, 3.8) is 0 Å². The Morgan fingerprint density at radius 2 is 1.80 bits per heavy atom. The molecule has 6 nitrogen and oxygen atoms in total. The van der Waals surface area contributed by atoms with Crippen LogP contribution < -0.4 is 5.14 Å². The first-order chi connectivity index (χ1) is 11.9. The Morgan fingerprint density at radius 3 is 2.44 bits per heavy atom. The van der Waals surface area contributed by atoms with Crippen LogP contribution in [-0.4, -0.2) is 18.6 Å². The maximum absolute atomic E-state index is 11.3. The molecule has 1 aliphatic carbocycles. The summed E-state index contributed by atoms with van der Waals surface area (Å²) >= 11 is 0. The predicted octanol–water partition coefficient (Wildman–Crippen LogP) is 2.96. The standard InChI is InChI=1S/C18H17N3O3S/c1-11-20-18(21-24-11)14-4-2-3-13(9-14)17-10-16(17)12-5-7-15(8-6-12)25(19,22)23/h2-9,16-17H,10H2,1H3,(H2,19,22,23)/t16-,17-/m0/s1. The molecule has 4 rings (SSSR count). The van der Waals surface area contributed by atoms with E-state index in [1.165, 1.54) is 5.56 Å². The third-order valence-corrected chi connectivity index (χ3v) is 5.46. The molecule has 25 heavy (non-hydrogen) atoms. The van der Waals surface area contributed by atoms with Gasteiger partial charge in [0.05, 0.1) is 4.90 Å². The molecular weight excluding hydrogens is 338 g/mol. The monoisotopic (exact) mass is 355 g/mol. The maximum Gasteiger partial charge on any atom is 0.238 e. The van der Waals surface area contributed by atoms with Gasteiger partial charge in [0.15, 0.2) is 0 Å². The number of sulfonamides is 1. The molecule has 2 atom stereocenters. The van der Waals surface area contributed by atoms with E-state index in [9.17, 15) is 8.42 Å². The van der Waals surface area contributed by atoms with Crippen LogP contribution in [0.1, 0.15) is 35.3 Å². The lowest BCUT2D eigenvalue weighted by Gasteiger charge is -2.04. The molecule has 1 aromatic heterocycles. The number of hydrogen-bond donors (Lipinski definition) is 1. The normalized spacial score (nSPS) is 19.8. The van der Waals surface area contributed by atoms with Crippen molar-refractivity contribution in [2.45, 2.75) is 30.1 Å². The molecule has 128 valence electrons.